The average molecular weight is 240 g/mol. The molecule has 1 N–H and O–H groups in total. The van der Waals surface area contributed by atoms with Crippen LogP contribution in [0.5, 0.6) is 0 Å². The van der Waals surface area contributed by atoms with Crippen LogP contribution in [0.25, 0.3) is 0 Å². The largest absolute Gasteiger partial charge is 0.372 e. The molecular formula is C14H28N2O. The molecule has 2 fully saturated rings. The molecule has 100 valence electrons. The van der Waals surface area contributed by atoms with Crippen molar-refractivity contribution in [3.8, 4) is 0 Å². The van der Waals surface area contributed by atoms with E-state index in [-0.39, 0.29) is 0 Å². The molecule has 0 spiro atoms. The molecule has 0 aromatic rings. The second-order valence-corrected chi connectivity index (χ2v) is 5.65. The third kappa shape index (κ3) is 3.94. The molecule has 17 heavy (non-hydrogen) atoms. The first kappa shape index (κ1) is 13.3. The highest BCUT2D eigenvalue weighted by Gasteiger charge is 2.29. The Morgan fingerprint density at radius 3 is 2.76 bits per heavy atom. The van der Waals surface area contributed by atoms with E-state index in [2.05, 4.69) is 24.1 Å². The van der Waals surface area contributed by atoms with E-state index < -0.39 is 0 Å². The number of ether oxygens (including phenoxy) is 1. The zero-order chi connectivity index (χ0) is 12.1. The first-order valence-electron chi connectivity index (χ1n) is 7.39. The molecule has 0 amide bonds. The number of rotatable bonds is 6. The Morgan fingerprint density at radius 1 is 1.24 bits per heavy atom. The molecule has 0 aromatic carbocycles. The van der Waals surface area contributed by atoms with E-state index in [1.807, 2.05) is 0 Å². The minimum absolute atomic E-state index is 0.462. The van der Waals surface area contributed by atoms with Crippen molar-refractivity contribution >= 4 is 0 Å². The summed E-state index contributed by atoms with van der Waals surface area (Å²) in [6.45, 7) is 9.15. The van der Waals surface area contributed by atoms with Gasteiger partial charge < -0.3 is 10.1 Å². The minimum atomic E-state index is 0.462. The highest BCUT2D eigenvalue weighted by Crippen LogP contribution is 2.23. The highest BCUT2D eigenvalue weighted by molar-refractivity contribution is 4.82. The zero-order valence-electron chi connectivity index (χ0n) is 11.5. The van der Waals surface area contributed by atoms with Gasteiger partial charge in [-0.25, -0.2) is 0 Å². The van der Waals surface area contributed by atoms with E-state index in [0.717, 1.165) is 25.7 Å². The van der Waals surface area contributed by atoms with Crippen LogP contribution in [0, 0.1) is 0 Å². The SMILES string of the molecule is CCCNCC1CCC(CN2CCCC2C)O1. The Hall–Kier alpha value is -0.120. The molecule has 3 heteroatoms. The van der Waals surface area contributed by atoms with Crippen molar-refractivity contribution in [1.82, 2.24) is 10.2 Å². The topological polar surface area (TPSA) is 24.5 Å². The van der Waals surface area contributed by atoms with Crippen LogP contribution in [0.1, 0.15) is 46.0 Å². The second kappa shape index (κ2) is 6.72. The van der Waals surface area contributed by atoms with Crippen LogP contribution >= 0.6 is 0 Å². The predicted octanol–water partition coefficient (Wildman–Crippen LogP) is 2.02. The van der Waals surface area contributed by atoms with Crippen LogP contribution in [-0.4, -0.2) is 49.3 Å². The summed E-state index contributed by atoms with van der Waals surface area (Å²) < 4.78 is 6.11. The molecule has 3 nitrogen and oxygen atoms in total. The van der Waals surface area contributed by atoms with Gasteiger partial charge in [0.25, 0.3) is 0 Å². The van der Waals surface area contributed by atoms with E-state index in [4.69, 9.17) is 4.74 Å². The quantitative estimate of drug-likeness (QED) is 0.719. The molecule has 3 unspecified atom stereocenters. The molecule has 0 radical (unpaired) electrons. The predicted molar refractivity (Wildman–Crippen MR) is 71.3 cm³/mol. The van der Waals surface area contributed by atoms with Gasteiger partial charge in [0, 0.05) is 19.1 Å². The maximum Gasteiger partial charge on any atom is 0.0707 e. The van der Waals surface area contributed by atoms with Crippen molar-refractivity contribution in [1.29, 1.82) is 0 Å². The number of nitrogens with one attached hydrogen (secondary N) is 1. The number of likely N-dealkylation sites (tertiary alicyclic amines) is 1. The minimum Gasteiger partial charge on any atom is -0.372 e. The van der Waals surface area contributed by atoms with Gasteiger partial charge in [-0.05, 0) is 52.1 Å². The van der Waals surface area contributed by atoms with Gasteiger partial charge in [-0.2, -0.15) is 0 Å². The molecule has 0 bridgehead atoms. The van der Waals surface area contributed by atoms with Crippen molar-refractivity contribution in [3.63, 3.8) is 0 Å². The summed E-state index contributed by atoms with van der Waals surface area (Å²) in [6.07, 6.45) is 7.39. The normalized spacial score (nSPS) is 34.6. The fourth-order valence-electron chi connectivity index (χ4n) is 3.03. The van der Waals surface area contributed by atoms with Crippen molar-refractivity contribution in [2.45, 2.75) is 64.2 Å². The third-order valence-corrected chi connectivity index (χ3v) is 4.12. The Morgan fingerprint density at radius 2 is 2.06 bits per heavy atom. The van der Waals surface area contributed by atoms with Crippen molar-refractivity contribution < 1.29 is 4.74 Å². The monoisotopic (exact) mass is 240 g/mol. The lowest BCUT2D eigenvalue weighted by Gasteiger charge is -2.24. The lowest BCUT2D eigenvalue weighted by Crippen LogP contribution is -2.35. The Kier molecular flexibility index (Phi) is 5.26. The lowest BCUT2D eigenvalue weighted by molar-refractivity contribution is 0.0222. The van der Waals surface area contributed by atoms with Gasteiger partial charge >= 0.3 is 0 Å². The van der Waals surface area contributed by atoms with Gasteiger partial charge in [-0.1, -0.05) is 6.92 Å². The molecule has 0 aliphatic carbocycles. The van der Waals surface area contributed by atoms with Crippen LogP contribution in [0.4, 0.5) is 0 Å². The molecule has 2 heterocycles. The zero-order valence-corrected chi connectivity index (χ0v) is 11.5. The molecule has 0 aromatic heterocycles. The van der Waals surface area contributed by atoms with Crippen LogP contribution in [0.15, 0.2) is 0 Å². The Bertz CT molecular complexity index is 222. The summed E-state index contributed by atoms with van der Waals surface area (Å²) in [5.74, 6) is 0. The standard InChI is InChI=1S/C14H28N2O/c1-3-8-15-10-13-6-7-14(17-13)11-16-9-4-5-12(16)2/h12-15H,3-11H2,1-2H3. The summed E-state index contributed by atoms with van der Waals surface area (Å²) in [6, 6.07) is 0.774. The van der Waals surface area contributed by atoms with Crippen LogP contribution in [-0.2, 0) is 4.74 Å². The number of hydrogen-bond donors (Lipinski definition) is 1. The van der Waals surface area contributed by atoms with Crippen molar-refractivity contribution in [3.05, 3.63) is 0 Å². The molecule has 2 aliphatic rings. The summed E-state index contributed by atoms with van der Waals surface area (Å²) in [5, 5.41) is 3.46. The van der Waals surface area contributed by atoms with Crippen LogP contribution in [0.3, 0.4) is 0 Å². The van der Waals surface area contributed by atoms with Gasteiger partial charge in [0.1, 0.15) is 0 Å². The van der Waals surface area contributed by atoms with E-state index in [9.17, 15) is 0 Å². The van der Waals surface area contributed by atoms with Gasteiger partial charge in [-0.15, -0.1) is 0 Å². The van der Waals surface area contributed by atoms with Crippen molar-refractivity contribution in [2.24, 2.45) is 0 Å². The molecule has 3 atom stereocenters. The van der Waals surface area contributed by atoms with E-state index in [1.54, 1.807) is 0 Å². The van der Waals surface area contributed by atoms with Crippen molar-refractivity contribution in [2.75, 3.05) is 26.2 Å². The summed E-state index contributed by atoms with van der Waals surface area (Å²) in [5.41, 5.74) is 0. The van der Waals surface area contributed by atoms with Gasteiger partial charge in [0.05, 0.1) is 12.2 Å². The average Bonchev–Trinajstić information content (AvgIpc) is 2.91. The smallest absolute Gasteiger partial charge is 0.0707 e. The van der Waals surface area contributed by atoms with E-state index >= 15 is 0 Å². The van der Waals surface area contributed by atoms with E-state index in [1.165, 1.54) is 38.6 Å². The third-order valence-electron chi connectivity index (χ3n) is 4.12. The summed E-state index contributed by atoms with van der Waals surface area (Å²) in [7, 11) is 0. The summed E-state index contributed by atoms with van der Waals surface area (Å²) in [4.78, 5) is 2.60. The summed E-state index contributed by atoms with van der Waals surface area (Å²) >= 11 is 0. The van der Waals surface area contributed by atoms with Gasteiger partial charge in [0.2, 0.25) is 0 Å². The maximum absolute atomic E-state index is 6.11. The molecule has 0 saturated carbocycles. The number of hydrogen-bond acceptors (Lipinski definition) is 3. The first-order valence-corrected chi connectivity index (χ1v) is 7.39. The van der Waals surface area contributed by atoms with Gasteiger partial charge in [0.15, 0.2) is 0 Å². The van der Waals surface area contributed by atoms with Crippen LogP contribution < -0.4 is 5.32 Å². The molecule has 2 rings (SSSR count). The number of nitrogens with zero attached hydrogens (tertiary/aromatic N) is 1. The van der Waals surface area contributed by atoms with Crippen LogP contribution in [0.2, 0.25) is 0 Å². The fraction of sp³-hybridized carbons (Fsp3) is 1.00. The molecule has 2 aliphatic heterocycles. The second-order valence-electron chi connectivity index (χ2n) is 5.65. The maximum atomic E-state index is 6.11. The molecular weight excluding hydrogens is 212 g/mol. The Balaban J connectivity index is 1.63. The molecule has 2 saturated heterocycles. The van der Waals surface area contributed by atoms with Gasteiger partial charge in [-0.3, -0.25) is 4.90 Å². The van der Waals surface area contributed by atoms with E-state index in [0.29, 0.717) is 12.2 Å². The lowest BCUT2D eigenvalue weighted by atomic mass is 10.2. The fourth-order valence-corrected chi connectivity index (χ4v) is 3.03. The first-order chi connectivity index (χ1) is 8.29. The Labute approximate surface area is 106 Å². The highest BCUT2D eigenvalue weighted by atomic mass is 16.5.